The van der Waals surface area contributed by atoms with Crippen molar-refractivity contribution in [3.05, 3.63) is 106 Å². The number of aromatic amines is 1. The molecule has 178 valence electrons. The second-order valence-electron chi connectivity index (χ2n) is 9.45. The minimum atomic E-state index is -0.608. The van der Waals surface area contributed by atoms with Crippen molar-refractivity contribution in [1.82, 2.24) is 14.5 Å². The zero-order valence-electron chi connectivity index (χ0n) is 19.4. The lowest BCUT2D eigenvalue weighted by Crippen LogP contribution is -2.40. The summed E-state index contributed by atoms with van der Waals surface area (Å²) < 4.78 is 15.4. The minimum absolute atomic E-state index is 0.0902. The van der Waals surface area contributed by atoms with Crippen LogP contribution in [0.1, 0.15) is 36.4 Å². The Balaban J connectivity index is 1.16. The number of rotatable bonds is 5. The van der Waals surface area contributed by atoms with Gasteiger partial charge in [0.25, 0.3) is 0 Å². The predicted octanol–water partition coefficient (Wildman–Crippen LogP) is 4.83. The fourth-order valence-corrected chi connectivity index (χ4v) is 5.53. The van der Waals surface area contributed by atoms with Gasteiger partial charge in [0.2, 0.25) is 0 Å². The third kappa shape index (κ3) is 3.96. The summed E-state index contributed by atoms with van der Waals surface area (Å²) in [6.45, 7) is 2.45. The first-order valence-electron chi connectivity index (χ1n) is 12.1. The largest absolute Gasteiger partial charge is 0.379 e. The molecule has 0 aliphatic carbocycles. The Bertz CT molecular complexity index is 1380. The molecule has 2 aliphatic heterocycles. The van der Waals surface area contributed by atoms with Gasteiger partial charge in [-0.1, -0.05) is 65.8 Å². The maximum atomic E-state index is 13.6. The van der Waals surface area contributed by atoms with E-state index in [-0.39, 0.29) is 17.5 Å². The molecule has 0 unspecified atom stereocenters. The molecule has 0 spiro atoms. The smallest absolute Gasteiger partial charge is 0.326 e. The third-order valence-electron chi connectivity index (χ3n) is 7.27. The highest BCUT2D eigenvalue weighted by Crippen LogP contribution is 2.41. The normalized spacial score (nSPS) is 18.5. The van der Waals surface area contributed by atoms with Crippen LogP contribution in [0.25, 0.3) is 11.0 Å². The molecule has 0 bridgehead atoms. The number of halogens is 1. The van der Waals surface area contributed by atoms with Crippen LogP contribution in [0.2, 0.25) is 0 Å². The first-order chi connectivity index (χ1) is 17.1. The number of fused-ring (bicyclic) bond motifs is 1. The molecule has 1 aromatic heterocycles. The van der Waals surface area contributed by atoms with Gasteiger partial charge in [-0.15, -0.1) is 0 Å². The van der Waals surface area contributed by atoms with Crippen molar-refractivity contribution in [3.8, 4) is 0 Å². The first-order valence-corrected chi connectivity index (χ1v) is 12.1. The minimum Gasteiger partial charge on any atom is -0.379 e. The number of imidazole rings is 1. The number of oxime groups is 1. The van der Waals surface area contributed by atoms with E-state index in [0.717, 1.165) is 54.8 Å². The maximum absolute atomic E-state index is 13.6. The molecule has 0 atom stereocenters. The summed E-state index contributed by atoms with van der Waals surface area (Å²) in [4.78, 5) is 24.0. The first kappa shape index (κ1) is 21.8. The molecular weight excluding hydrogens is 443 g/mol. The topological polar surface area (TPSA) is 62.6 Å². The maximum Gasteiger partial charge on any atom is 0.326 e. The van der Waals surface area contributed by atoms with Gasteiger partial charge in [-0.2, -0.15) is 0 Å². The van der Waals surface area contributed by atoms with Crippen LogP contribution in [0.3, 0.4) is 0 Å². The van der Waals surface area contributed by atoms with Crippen LogP contribution in [-0.2, 0) is 10.4 Å². The highest BCUT2D eigenvalue weighted by Gasteiger charge is 2.43. The fourth-order valence-electron chi connectivity index (χ4n) is 5.53. The van der Waals surface area contributed by atoms with Gasteiger partial charge in [-0.05, 0) is 31.0 Å². The summed E-state index contributed by atoms with van der Waals surface area (Å²) in [5.41, 5.74) is 3.75. The Hall–Kier alpha value is -3.71. The molecule has 3 heterocycles. The van der Waals surface area contributed by atoms with Crippen molar-refractivity contribution >= 4 is 16.7 Å². The zero-order valence-corrected chi connectivity index (χ0v) is 19.4. The molecule has 35 heavy (non-hydrogen) atoms. The third-order valence-corrected chi connectivity index (χ3v) is 7.27. The van der Waals surface area contributed by atoms with Gasteiger partial charge in [-0.25, -0.2) is 9.18 Å². The molecular formula is C28H27FN4O2. The zero-order chi connectivity index (χ0) is 23.8. The number of nitrogens with one attached hydrogen (secondary N) is 1. The molecule has 3 aromatic carbocycles. The summed E-state index contributed by atoms with van der Waals surface area (Å²) >= 11 is 0. The summed E-state index contributed by atoms with van der Waals surface area (Å²) in [7, 11) is 0. The van der Waals surface area contributed by atoms with Gasteiger partial charge in [0.15, 0.2) is 5.60 Å². The monoisotopic (exact) mass is 470 g/mol. The summed E-state index contributed by atoms with van der Waals surface area (Å²) in [5, 5.41) is 4.55. The van der Waals surface area contributed by atoms with E-state index in [1.165, 1.54) is 12.1 Å². The highest BCUT2D eigenvalue weighted by molar-refractivity contribution is 5.89. The van der Waals surface area contributed by atoms with Gasteiger partial charge < -0.3 is 9.82 Å². The van der Waals surface area contributed by atoms with Crippen LogP contribution in [0.4, 0.5) is 4.39 Å². The summed E-state index contributed by atoms with van der Waals surface area (Å²) in [6, 6.07) is 25.1. The van der Waals surface area contributed by atoms with Crippen LogP contribution in [0, 0.1) is 5.82 Å². The Kier molecular flexibility index (Phi) is 5.49. The predicted molar refractivity (Wildman–Crippen MR) is 134 cm³/mol. The molecule has 0 saturated carbocycles. The lowest BCUT2D eigenvalue weighted by atomic mass is 9.82. The van der Waals surface area contributed by atoms with E-state index in [0.29, 0.717) is 11.9 Å². The number of likely N-dealkylation sites (tertiary alicyclic amines) is 1. The molecule has 4 aromatic rings. The van der Waals surface area contributed by atoms with Gasteiger partial charge in [0, 0.05) is 43.2 Å². The Labute approximate surface area is 202 Å². The van der Waals surface area contributed by atoms with Crippen molar-refractivity contribution in [3.63, 3.8) is 0 Å². The average Bonchev–Trinajstić information content (AvgIpc) is 3.46. The molecule has 2 aliphatic rings. The van der Waals surface area contributed by atoms with E-state index in [1.807, 2.05) is 36.4 Å². The molecule has 0 amide bonds. The lowest BCUT2D eigenvalue weighted by Gasteiger charge is -2.32. The van der Waals surface area contributed by atoms with Crippen molar-refractivity contribution in [1.29, 1.82) is 0 Å². The van der Waals surface area contributed by atoms with E-state index < -0.39 is 5.60 Å². The number of H-pyrrole nitrogens is 1. The number of aromatic nitrogens is 2. The van der Waals surface area contributed by atoms with Crippen LogP contribution in [-0.4, -0.2) is 39.8 Å². The van der Waals surface area contributed by atoms with Crippen LogP contribution >= 0.6 is 0 Å². The summed E-state index contributed by atoms with van der Waals surface area (Å²) in [5.74, 6) is -0.345. The number of piperidine rings is 1. The standard InChI is InChI=1S/C28H27FN4O2/c29-22-11-12-26-25(17-22)30-27(34)33(26)24-13-15-32(16-14-24)19-23-18-28(35-31-23,20-7-3-1-4-8-20)21-9-5-2-6-10-21/h1-12,17,24H,13-16,18-19H2,(H,30,34). The summed E-state index contributed by atoms with van der Waals surface area (Å²) in [6.07, 6.45) is 2.40. The average molecular weight is 471 g/mol. The Morgan fingerprint density at radius 1 is 0.971 bits per heavy atom. The Morgan fingerprint density at radius 2 is 1.63 bits per heavy atom. The molecule has 7 heteroatoms. The molecule has 6 nitrogen and oxygen atoms in total. The second kappa shape index (κ2) is 8.82. The number of benzene rings is 3. The molecule has 1 N–H and O–H groups in total. The van der Waals surface area contributed by atoms with E-state index in [2.05, 4.69) is 39.3 Å². The van der Waals surface area contributed by atoms with Gasteiger partial charge in [0.1, 0.15) is 5.82 Å². The van der Waals surface area contributed by atoms with Crippen LogP contribution in [0.15, 0.2) is 88.8 Å². The van der Waals surface area contributed by atoms with Gasteiger partial charge >= 0.3 is 5.69 Å². The quantitative estimate of drug-likeness (QED) is 0.455. The van der Waals surface area contributed by atoms with Crippen molar-refractivity contribution in [2.75, 3.05) is 19.6 Å². The van der Waals surface area contributed by atoms with E-state index in [9.17, 15) is 9.18 Å². The van der Waals surface area contributed by atoms with Crippen molar-refractivity contribution in [2.45, 2.75) is 30.9 Å². The van der Waals surface area contributed by atoms with E-state index >= 15 is 0 Å². The molecule has 6 rings (SSSR count). The highest BCUT2D eigenvalue weighted by atomic mass is 19.1. The van der Waals surface area contributed by atoms with Crippen LogP contribution in [0.5, 0.6) is 0 Å². The number of hydrogen-bond donors (Lipinski definition) is 1. The SMILES string of the molecule is O=c1[nH]c2cc(F)ccc2n1C1CCN(CC2=NOC(c3ccccc3)(c3ccccc3)C2)CC1. The van der Waals surface area contributed by atoms with E-state index in [4.69, 9.17) is 4.84 Å². The van der Waals surface area contributed by atoms with Crippen molar-refractivity contribution in [2.24, 2.45) is 5.16 Å². The van der Waals surface area contributed by atoms with Gasteiger partial charge in [0.05, 0.1) is 16.7 Å². The second-order valence-corrected chi connectivity index (χ2v) is 9.45. The fraction of sp³-hybridized carbons (Fsp3) is 0.286. The van der Waals surface area contributed by atoms with Crippen LogP contribution < -0.4 is 5.69 Å². The van der Waals surface area contributed by atoms with Crippen molar-refractivity contribution < 1.29 is 9.23 Å². The Morgan fingerprint density at radius 3 is 2.29 bits per heavy atom. The molecule has 0 radical (unpaired) electrons. The van der Waals surface area contributed by atoms with Gasteiger partial charge in [-0.3, -0.25) is 9.47 Å². The number of nitrogens with zero attached hydrogens (tertiary/aromatic N) is 3. The number of hydrogen-bond acceptors (Lipinski definition) is 4. The lowest BCUT2D eigenvalue weighted by molar-refractivity contribution is 0.0112. The molecule has 1 fully saturated rings. The van der Waals surface area contributed by atoms with E-state index in [1.54, 1.807) is 10.6 Å². The molecule has 1 saturated heterocycles.